The first-order valence-electron chi connectivity index (χ1n) is 6.84. The Hall–Kier alpha value is -1.49. The summed E-state index contributed by atoms with van der Waals surface area (Å²) in [4.78, 5) is 13.9. The smallest absolute Gasteiger partial charge is 0.221 e. The van der Waals surface area contributed by atoms with Gasteiger partial charge in [-0.15, -0.1) is 0 Å². The summed E-state index contributed by atoms with van der Waals surface area (Å²) in [5.41, 5.74) is -0.260. The normalized spacial score (nSPS) is 16.9. The average Bonchev–Trinajstić information content (AvgIpc) is 2.32. The monoisotopic (exact) mass is 282 g/mol. The van der Waals surface area contributed by atoms with Crippen LogP contribution in [0.15, 0.2) is 18.2 Å². The van der Waals surface area contributed by atoms with Gasteiger partial charge in [-0.1, -0.05) is 6.07 Å². The quantitative estimate of drug-likeness (QED) is 0.899. The molecule has 1 aromatic rings. The third-order valence-corrected chi connectivity index (χ3v) is 3.82. The zero-order chi connectivity index (χ0) is 14.8. The Kier molecular flexibility index (Phi) is 4.38. The molecule has 0 aromatic heterocycles. The van der Waals surface area contributed by atoms with Crippen LogP contribution in [-0.2, 0) is 10.3 Å². The Balaban J connectivity index is 2.11. The first-order valence-corrected chi connectivity index (χ1v) is 6.84. The van der Waals surface area contributed by atoms with Gasteiger partial charge in [-0.05, 0) is 39.4 Å². The second-order valence-corrected chi connectivity index (χ2v) is 5.66. The predicted molar refractivity (Wildman–Crippen MR) is 73.2 cm³/mol. The molecule has 5 heteroatoms. The number of nitrogens with one attached hydrogen (secondary N) is 1. The van der Waals surface area contributed by atoms with Crippen LogP contribution in [0.2, 0.25) is 0 Å². The lowest BCUT2D eigenvalue weighted by molar-refractivity contribution is -0.124. The van der Waals surface area contributed by atoms with Crippen LogP contribution in [-0.4, -0.2) is 31.4 Å². The third kappa shape index (κ3) is 3.15. The van der Waals surface area contributed by atoms with Crippen LogP contribution in [0.1, 0.15) is 31.2 Å². The highest BCUT2D eigenvalue weighted by atomic mass is 19.1. The molecule has 0 saturated heterocycles. The van der Waals surface area contributed by atoms with Gasteiger partial charge in [0.25, 0.3) is 0 Å². The molecule has 1 saturated carbocycles. The minimum Gasteiger partial charge on any atom is -0.346 e. The highest BCUT2D eigenvalue weighted by Crippen LogP contribution is 2.42. The molecule has 0 heterocycles. The second-order valence-electron chi connectivity index (χ2n) is 5.66. The lowest BCUT2D eigenvalue weighted by Gasteiger charge is -2.43. The van der Waals surface area contributed by atoms with E-state index in [0.29, 0.717) is 31.4 Å². The maximum Gasteiger partial charge on any atom is 0.221 e. The molecule has 0 bridgehead atoms. The van der Waals surface area contributed by atoms with Crippen LogP contribution in [0.5, 0.6) is 0 Å². The summed E-state index contributed by atoms with van der Waals surface area (Å²) in [6.07, 6.45) is 2.70. The van der Waals surface area contributed by atoms with Crippen LogP contribution in [0.3, 0.4) is 0 Å². The Morgan fingerprint density at radius 2 is 2.05 bits per heavy atom. The first kappa shape index (κ1) is 14.9. The summed E-state index contributed by atoms with van der Waals surface area (Å²) >= 11 is 0. The maximum atomic E-state index is 13.9. The van der Waals surface area contributed by atoms with E-state index in [1.54, 1.807) is 0 Å². The Bertz CT molecular complexity index is 499. The third-order valence-electron chi connectivity index (χ3n) is 3.82. The van der Waals surface area contributed by atoms with E-state index in [1.807, 2.05) is 19.0 Å². The molecule has 20 heavy (non-hydrogen) atoms. The molecule has 1 fully saturated rings. The lowest BCUT2D eigenvalue weighted by Crippen LogP contribution is -2.51. The van der Waals surface area contributed by atoms with Gasteiger partial charge in [0.2, 0.25) is 5.91 Å². The molecule has 3 nitrogen and oxygen atoms in total. The van der Waals surface area contributed by atoms with Gasteiger partial charge in [-0.3, -0.25) is 4.79 Å². The van der Waals surface area contributed by atoms with Gasteiger partial charge >= 0.3 is 0 Å². The number of halogens is 2. The van der Waals surface area contributed by atoms with E-state index < -0.39 is 17.2 Å². The van der Waals surface area contributed by atoms with E-state index in [9.17, 15) is 13.6 Å². The van der Waals surface area contributed by atoms with E-state index in [1.165, 1.54) is 12.1 Å². The topological polar surface area (TPSA) is 32.3 Å². The molecule has 1 aliphatic carbocycles. The molecule has 0 aliphatic heterocycles. The number of hydrogen-bond donors (Lipinski definition) is 1. The molecule has 0 unspecified atom stereocenters. The van der Waals surface area contributed by atoms with Gasteiger partial charge in [-0.2, -0.15) is 0 Å². The van der Waals surface area contributed by atoms with E-state index >= 15 is 0 Å². The Morgan fingerprint density at radius 3 is 2.55 bits per heavy atom. The largest absolute Gasteiger partial charge is 0.346 e. The van der Waals surface area contributed by atoms with Crippen molar-refractivity contribution in [2.45, 2.75) is 31.2 Å². The zero-order valence-corrected chi connectivity index (χ0v) is 11.9. The van der Waals surface area contributed by atoms with Crippen LogP contribution in [0, 0.1) is 11.6 Å². The SMILES string of the molecule is CN(C)CCC(=O)NC1(c2ccc(F)cc2F)CCC1. The number of benzene rings is 1. The number of rotatable bonds is 5. The van der Waals surface area contributed by atoms with Crippen LogP contribution in [0.4, 0.5) is 8.78 Å². The Labute approximate surface area is 118 Å². The van der Waals surface area contributed by atoms with E-state index in [4.69, 9.17) is 0 Å². The molecule has 2 rings (SSSR count). The van der Waals surface area contributed by atoms with Crippen molar-refractivity contribution in [2.75, 3.05) is 20.6 Å². The van der Waals surface area contributed by atoms with E-state index in [2.05, 4.69) is 5.32 Å². The highest BCUT2D eigenvalue weighted by Gasteiger charge is 2.41. The summed E-state index contributed by atoms with van der Waals surface area (Å²) in [6, 6.07) is 3.56. The molecular formula is C15H20F2N2O. The predicted octanol–water partition coefficient (Wildman–Crippen LogP) is 2.41. The van der Waals surface area contributed by atoms with Crippen molar-refractivity contribution in [1.29, 1.82) is 0 Å². The van der Waals surface area contributed by atoms with Gasteiger partial charge < -0.3 is 10.2 Å². The molecule has 0 atom stereocenters. The van der Waals surface area contributed by atoms with Crippen molar-refractivity contribution in [1.82, 2.24) is 10.2 Å². The molecule has 1 aliphatic rings. The van der Waals surface area contributed by atoms with Crippen molar-refractivity contribution < 1.29 is 13.6 Å². The summed E-state index contributed by atoms with van der Waals surface area (Å²) < 4.78 is 26.9. The van der Waals surface area contributed by atoms with Crippen LogP contribution >= 0.6 is 0 Å². The van der Waals surface area contributed by atoms with Gasteiger partial charge in [0, 0.05) is 24.6 Å². The fourth-order valence-corrected chi connectivity index (χ4v) is 2.52. The number of nitrogens with zero attached hydrogens (tertiary/aromatic N) is 1. The molecular weight excluding hydrogens is 262 g/mol. The van der Waals surface area contributed by atoms with Crippen LogP contribution < -0.4 is 5.32 Å². The first-order chi connectivity index (χ1) is 9.43. The second kappa shape index (κ2) is 5.87. The molecule has 110 valence electrons. The number of carbonyl (C=O) groups excluding carboxylic acids is 1. The molecule has 1 amide bonds. The summed E-state index contributed by atoms with van der Waals surface area (Å²) in [7, 11) is 3.79. The van der Waals surface area contributed by atoms with E-state index in [-0.39, 0.29) is 5.91 Å². The van der Waals surface area contributed by atoms with Crippen molar-refractivity contribution >= 4 is 5.91 Å². The van der Waals surface area contributed by atoms with Gasteiger partial charge in [0.15, 0.2) is 0 Å². The standard InChI is InChI=1S/C15H20F2N2O/c1-19(2)9-6-14(20)18-15(7-3-8-15)12-5-4-11(16)10-13(12)17/h4-5,10H,3,6-9H2,1-2H3,(H,18,20). The zero-order valence-electron chi connectivity index (χ0n) is 11.9. The van der Waals surface area contributed by atoms with Crippen molar-refractivity contribution in [2.24, 2.45) is 0 Å². The minimum absolute atomic E-state index is 0.0953. The average molecular weight is 282 g/mol. The van der Waals surface area contributed by atoms with Crippen molar-refractivity contribution in [3.8, 4) is 0 Å². The summed E-state index contributed by atoms with van der Waals surface area (Å²) in [5, 5.41) is 2.93. The number of carbonyl (C=O) groups is 1. The number of amides is 1. The highest BCUT2D eigenvalue weighted by molar-refractivity contribution is 5.77. The molecule has 1 aromatic carbocycles. The Morgan fingerprint density at radius 1 is 1.35 bits per heavy atom. The fourth-order valence-electron chi connectivity index (χ4n) is 2.52. The van der Waals surface area contributed by atoms with Gasteiger partial charge in [0.1, 0.15) is 11.6 Å². The van der Waals surface area contributed by atoms with Crippen molar-refractivity contribution in [3.63, 3.8) is 0 Å². The fraction of sp³-hybridized carbons (Fsp3) is 0.533. The minimum atomic E-state index is -0.652. The van der Waals surface area contributed by atoms with Crippen molar-refractivity contribution in [3.05, 3.63) is 35.4 Å². The molecule has 1 N–H and O–H groups in total. The van der Waals surface area contributed by atoms with E-state index in [0.717, 1.165) is 12.5 Å². The van der Waals surface area contributed by atoms with Gasteiger partial charge in [-0.25, -0.2) is 8.78 Å². The van der Waals surface area contributed by atoms with Crippen LogP contribution in [0.25, 0.3) is 0 Å². The number of hydrogen-bond acceptors (Lipinski definition) is 2. The molecule has 0 radical (unpaired) electrons. The molecule has 0 spiro atoms. The maximum absolute atomic E-state index is 13.9. The lowest BCUT2D eigenvalue weighted by atomic mass is 9.71. The summed E-state index contributed by atoms with van der Waals surface area (Å²) in [5.74, 6) is -1.28. The van der Waals surface area contributed by atoms with Gasteiger partial charge in [0.05, 0.1) is 5.54 Å². The summed E-state index contributed by atoms with van der Waals surface area (Å²) in [6.45, 7) is 0.647.